The van der Waals surface area contributed by atoms with E-state index in [9.17, 15) is 5.11 Å². The first-order chi connectivity index (χ1) is 8.32. The smallest absolute Gasteiger partial charge is 0.164 e. The summed E-state index contributed by atoms with van der Waals surface area (Å²) in [7, 11) is 0. The van der Waals surface area contributed by atoms with Crippen LogP contribution in [0.3, 0.4) is 0 Å². The maximum Gasteiger partial charge on any atom is 0.164 e. The van der Waals surface area contributed by atoms with Gasteiger partial charge in [0.05, 0.1) is 24.9 Å². The van der Waals surface area contributed by atoms with E-state index in [1.165, 1.54) is 0 Å². The predicted molar refractivity (Wildman–Crippen MR) is 65.0 cm³/mol. The molecule has 0 aromatic rings. The summed E-state index contributed by atoms with van der Waals surface area (Å²) in [5, 5.41) is 10.3. The molecule has 0 saturated carbocycles. The molecule has 3 atom stereocenters. The molecular formula is C13H24O5. The highest BCUT2D eigenvalue weighted by Gasteiger charge is 2.48. The molecule has 0 spiro atoms. The zero-order chi connectivity index (χ0) is 13.4. The van der Waals surface area contributed by atoms with Gasteiger partial charge < -0.3 is 24.1 Å². The van der Waals surface area contributed by atoms with E-state index in [2.05, 4.69) is 0 Å². The molecule has 2 aliphatic heterocycles. The average Bonchev–Trinajstić information content (AvgIpc) is 2.75. The topological polar surface area (TPSA) is 57.2 Å². The number of ether oxygens (including phenoxy) is 4. The van der Waals surface area contributed by atoms with Crippen LogP contribution in [-0.2, 0) is 18.9 Å². The molecule has 5 heteroatoms. The third-order valence-electron chi connectivity index (χ3n) is 3.59. The van der Waals surface area contributed by atoms with E-state index in [4.69, 9.17) is 18.9 Å². The Bertz CT molecular complexity index is 287. The molecule has 2 aliphatic rings. The van der Waals surface area contributed by atoms with Crippen LogP contribution in [0.15, 0.2) is 0 Å². The Morgan fingerprint density at radius 1 is 1.17 bits per heavy atom. The van der Waals surface area contributed by atoms with Crippen LogP contribution in [0.25, 0.3) is 0 Å². The molecule has 0 unspecified atom stereocenters. The van der Waals surface area contributed by atoms with E-state index in [1.807, 2.05) is 27.7 Å². The highest BCUT2D eigenvalue weighted by atomic mass is 16.7. The summed E-state index contributed by atoms with van der Waals surface area (Å²) in [5.74, 6) is -0.676. The largest absolute Gasteiger partial charge is 0.387 e. The maximum absolute atomic E-state index is 10.3. The van der Waals surface area contributed by atoms with Crippen LogP contribution in [0.5, 0.6) is 0 Å². The quantitative estimate of drug-likeness (QED) is 0.832. The maximum atomic E-state index is 10.3. The fourth-order valence-electron chi connectivity index (χ4n) is 2.83. The first-order valence-electron chi connectivity index (χ1n) is 6.62. The first-order valence-corrected chi connectivity index (χ1v) is 6.62. The van der Waals surface area contributed by atoms with Gasteiger partial charge in [-0.25, -0.2) is 0 Å². The van der Waals surface area contributed by atoms with Crippen LogP contribution < -0.4 is 0 Å². The van der Waals surface area contributed by atoms with Crippen LogP contribution in [-0.4, -0.2) is 48.2 Å². The Morgan fingerprint density at radius 3 is 2.39 bits per heavy atom. The molecule has 2 rings (SSSR count). The molecule has 0 aromatic heterocycles. The highest BCUT2D eigenvalue weighted by molar-refractivity contribution is 4.93. The molecule has 5 nitrogen and oxygen atoms in total. The Morgan fingerprint density at radius 2 is 1.78 bits per heavy atom. The lowest BCUT2D eigenvalue weighted by Crippen LogP contribution is -2.60. The highest BCUT2D eigenvalue weighted by Crippen LogP contribution is 2.37. The van der Waals surface area contributed by atoms with Gasteiger partial charge in [-0.3, -0.25) is 0 Å². The molecule has 0 amide bonds. The van der Waals surface area contributed by atoms with Crippen molar-refractivity contribution in [1.82, 2.24) is 0 Å². The number of rotatable bonds is 3. The van der Waals surface area contributed by atoms with Gasteiger partial charge in [-0.1, -0.05) is 0 Å². The Kier molecular flexibility index (Phi) is 3.99. The molecule has 0 aliphatic carbocycles. The van der Waals surface area contributed by atoms with Crippen LogP contribution in [0.1, 0.15) is 40.5 Å². The van der Waals surface area contributed by atoms with Crippen molar-refractivity contribution in [1.29, 1.82) is 0 Å². The van der Waals surface area contributed by atoms with Crippen LogP contribution in [0, 0.1) is 0 Å². The molecule has 18 heavy (non-hydrogen) atoms. The van der Waals surface area contributed by atoms with Crippen molar-refractivity contribution in [2.24, 2.45) is 0 Å². The Labute approximate surface area is 108 Å². The molecule has 0 aromatic carbocycles. The van der Waals surface area contributed by atoms with Gasteiger partial charge in [-0.05, 0) is 34.1 Å². The van der Waals surface area contributed by atoms with E-state index in [0.29, 0.717) is 19.6 Å². The molecule has 0 radical (unpaired) electrons. The van der Waals surface area contributed by atoms with Gasteiger partial charge in [0, 0.05) is 6.42 Å². The van der Waals surface area contributed by atoms with Crippen LogP contribution in [0.2, 0.25) is 0 Å². The van der Waals surface area contributed by atoms with Crippen molar-refractivity contribution >= 4 is 0 Å². The van der Waals surface area contributed by atoms with Gasteiger partial charge in [0.2, 0.25) is 0 Å². The van der Waals surface area contributed by atoms with E-state index >= 15 is 0 Å². The van der Waals surface area contributed by atoms with E-state index in [-0.39, 0.29) is 12.4 Å². The number of aliphatic hydroxyl groups is 1. The van der Waals surface area contributed by atoms with Crippen LogP contribution >= 0.6 is 0 Å². The van der Waals surface area contributed by atoms with Crippen molar-refractivity contribution in [2.75, 3.05) is 13.2 Å². The van der Waals surface area contributed by atoms with Gasteiger partial charge in [0.1, 0.15) is 6.10 Å². The number of hydrogen-bond acceptors (Lipinski definition) is 5. The average molecular weight is 260 g/mol. The molecule has 106 valence electrons. The van der Waals surface area contributed by atoms with Crippen molar-refractivity contribution in [2.45, 2.75) is 70.4 Å². The number of aliphatic hydroxyl groups excluding tert-OH is 1. The van der Waals surface area contributed by atoms with Crippen molar-refractivity contribution in [3.63, 3.8) is 0 Å². The third-order valence-corrected chi connectivity index (χ3v) is 3.59. The monoisotopic (exact) mass is 260 g/mol. The fraction of sp³-hybridized carbons (Fsp3) is 1.00. The Balaban J connectivity index is 1.97. The molecule has 2 heterocycles. The zero-order valence-corrected chi connectivity index (χ0v) is 11.6. The van der Waals surface area contributed by atoms with Gasteiger partial charge >= 0.3 is 0 Å². The summed E-state index contributed by atoms with van der Waals surface area (Å²) in [4.78, 5) is 0. The summed E-state index contributed by atoms with van der Waals surface area (Å²) in [6.45, 7) is 8.83. The lowest BCUT2D eigenvalue weighted by Gasteiger charge is -2.49. The number of hydrogen-bond donors (Lipinski definition) is 1. The summed E-state index contributed by atoms with van der Waals surface area (Å²) in [6.07, 6.45) is 0.335. The SMILES string of the molecule is C[C@H]1OC(C)(C)O[C@@](C)(CCC2OCCO2)[C@H]1O. The second kappa shape index (κ2) is 5.06. The second-order valence-electron chi connectivity index (χ2n) is 5.79. The summed E-state index contributed by atoms with van der Waals surface area (Å²) >= 11 is 0. The summed E-state index contributed by atoms with van der Waals surface area (Å²) in [5.41, 5.74) is -0.628. The molecule has 2 fully saturated rings. The van der Waals surface area contributed by atoms with Gasteiger partial charge in [-0.2, -0.15) is 0 Å². The molecule has 0 bridgehead atoms. The van der Waals surface area contributed by atoms with Crippen LogP contribution in [0.4, 0.5) is 0 Å². The zero-order valence-electron chi connectivity index (χ0n) is 11.6. The van der Waals surface area contributed by atoms with E-state index in [0.717, 1.165) is 6.42 Å². The predicted octanol–water partition coefficient (Wildman–Crippen LogP) is 1.43. The second-order valence-corrected chi connectivity index (χ2v) is 5.79. The van der Waals surface area contributed by atoms with Gasteiger partial charge in [-0.15, -0.1) is 0 Å². The normalized spacial score (nSPS) is 41.2. The van der Waals surface area contributed by atoms with Crippen molar-refractivity contribution in [3.05, 3.63) is 0 Å². The lowest BCUT2D eigenvalue weighted by molar-refractivity contribution is -0.362. The minimum absolute atomic E-state index is 0.168. The third kappa shape index (κ3) is 3.03. The molecular weight excluding hydrogens is 236 g/mol. The van der Waals surface area contributed by atoms with Gasteiger partial charge in [0.15, 0.2) is 12.1 Å². The Hall–Kier alpha value is -0.200. The van der Waals surface area contributed by atoms with Crippen molar-refractivity contribution < 1.29 is 24.1 Å². The summed E-state index contributed by atoms with van der Waals surface area (Å²) < 4.78 is 22.4. The van der Waals surface area contributed by atoms with Gasteiger partial charge in [0.25, 0.3) is 0 Å². The van der Waals surface area contributed by atoms with E-state index in [1.54, 1.807) is 0 Å². The lowest BCUT2D eigenvalue weighted by atomic mass is 9.88. The minimum atomic E-state index is -0.676. The summed E-state index contributed by atoms with van der Waals surface area (Å²) in [6, 6.07) is 0. The molecule has 2 saturated heterocycles. The first kappa shape index (κ1) is 14.2. The molecule has 1 N–H and O–H groups in total. The standard InChI is InChI=1S/C13H24O5/c1-9-11(14)13(4,18-12(2,3)17-9)6-5-10-15-7-8-16-10/h9-11,14H,5-8H2,1-4H3/t9-,11+,13+/m1/s1. The minimum Gasteiger partial charge on any atom is -0.387 e. The van der Waals surface area contributed by atoms with Crippen molar-refractivity contribution in [3.8, 4) is 0 Å². The van der Waals surface area contributed by atoms with E-state index < -0.39 is 17.5 Å². The fourth-order valence-corrected chi connectivity index (χ4v) is 2.83.